The van der Waals surface area contributed by atoms with E-state index in [1.807, 2.05) is 30.3 Å². The van der Waals surface area contributed by atoms with E-state index >= 15 is 0 Å². The lowest BCUT2D eigenvalue weighted by Gasteiger charge is -2.28. The van der Waals surface area contributed by atoms with E-state index in [0.29, 0.717) is 48.7 Å². The zero-order chi connectivity index (χ0) is 31.3. The second-order valence-corrected chi connectivity index (χ2v) is 11.2. The molecule has 0 spiro atoms. The summed E-state index contributed by atoms with van der Waals surface area (Å²) in [6.07, 6.45) is 4.56. The molecule has 1 amide bonds. The number of aryl methyl sites for hydroxylation is 1. The summed E-state index contributed by atoms with van der Waals surface area (Å²) >= 11 is 0. The van der Waals surface area contributed by atoms with Crippen molar-refractivity contribution in [2.24, 2.45) is 10.9 Å². The van der Waals surface area contributed by atoms with Gasteiger partial charge in [0.05, 0.1) is 62.0 Å². The summed E-state index contributed by atoms with van der Waals surface area (Å²) in [5.74, 6) is 1.20. The summed E-state index contributed by atoms with van der Waals surface area (Å²) in [6.45, 7) is 3.83. The summed E-state index contributed by atoms with van der Waals surface area (Å²) in [5.41, 5.74) is 5.68. The summed E-state index contributed by atoms with van der Waals surface area (Å²) in [6, 6.07) is 16.8. The number of nitrogens with one attached hydrogen (secondary N) is 1. The summed E-state index contributed by atoms with van der Waals surface area (Å²) in [4.78, 5) is 31.4. The first-order chi connectivity index (χ1) is 21.9. The predicted octanol–water partition coefficient (Wildman–Crippen LogP) is 5.98. The molecule has 45 heavy (non-hydrogen) atoms. The molecule has 11 heteroatoms. The molecule has 1 atom stereocenters. The van der Waals surface area contributed by atoms with Gasteiger partial charge in [-0.2, -0.15) is 0 Å². The first-order valence-corrected chi connectivity index (χ1v) is 15.1. The number of aliphatic imine (C=N–C) groups is 1. The molecule has 3 aromatic carbocycles. The van der Waals surface area contributed by atoms with Crippen LogP contribution in [-0.4, -0.2) is 63.7 Å². The number of allylic oxidation sites excluding steroid dienone is 2. The minimum Gasteiger partial charge on any atom is -0.496 e. The number of amides is 1. The van der Waals surface area contributed by atoms with Gasteiger partial charge in [0.2, 0.25) is 5.91 Å². The highest BCUT2D eigenvalue weighted by molar-refractivity contribution is 6.19. The molecular formula is C34H36N4O7. The van der Waals surface area contributed by atoms with Gasteiger partial charge in [-0.3, -0.25) is 19.9 Å². The zero-order valence-electron chi connectivity index (χ0n) is 25.4. The Balaban J connectivity index is 1.15. The van der Waals surface area contributed by atoms with Crippen molar-refractivity contribution < 1.29 is 28.7 Å². The minimum atomic E-state index is -0.468. The monoisotopic (exact) mass is 612 g/mol. The SMILES string of the molecule is COc1cc2c(cc1CCCOc1ccc(N3CCOCC3)cc1)NC(=O)C1CCC(c3ccc([N+](=O)[O-])c(OC)c3)=CC1=N2. The number of methoxy groups -OCH3 is 2. The van der Waals surface area contributed by atoms with Crippen LogP contribution in [0.5, 0.6) is 17.2 Å². The fraction of sp³-hybridized carbons (Fsp3) is 0.353. The number of morpholine rings is 1. The van der Waals surface area contributed by atoms with Crippen LogP contribution in [0.3, 0.4) is 0 Å². The molecular weight excluding hydrogens is 576 g/mol. The van der Waals surface area contributed by atoms with E-state index in [1.54, 1.807) is 19.2 Å². The molecule has 1 saturated heterocycles. The summed E-state index contributed by atoms with van der Waals surface area (Å²) < 4.78 is 22.4. The number of nitrogens with zero attached hydrogens (tertiary/aromatic N) is 3. The van der Waals surface area contributed by atoms with Gasteiger partial charge in [0, 0.05) is 30.9 Å². The molecule has 6 rings (SSSR count). The number of hydrogen-bond donors (Lipinski definition) is 1. The van der Waals surface area contributed by atoms with Crippen molar-refractivity contribution in [3.05, 3.63) is 81.9 Å². The fourth-order valence-electron chi connectivity index (χ4n) is 6.01. The van der Waals surface area contributed by atoms with Crippen LogP contribution in [0.15, 0.2) is 65.7 Å². The minimum absolute atomic E-state index is 0.0942. The van der Waals surface area contributed by atoms with E-state index in [4.69, 9.17) is 23.9 Å². The van der Waals surface area contributed by atoms with Gasteiger partial charge in [0.15, 0.2) is 5.75 Å². The quantitative estimate of drug-likeness (QED) is 0.169. The third-order valence-corrected chi connectivity index (χ3v) is 8.42. The van der Waals surface area contributed by atoms with E-state index in [2.05, 4.69) is 22.3 Å². The Morgan fingerprint density at radius 2 is 1.82 bits per heavy atom. The number of hydrogen-bond acceptors (Lipinski definition) is 9. The molecule has 0 aromatic heterocycles. The number of carbonyl (C=O) groups is 1. The van der Waals surface area contributed by atoms with Gasteiger partial charge in [-0.15, -0.1) is 0 Å². The third-order valence-electron chi connectivity index (χ3n) is 8.42. The number of anilines is 2. The first kappa shape index (κ1) is 30.1. The van der Waals surface area contributed by atoms with Crippen molar-refractivity contribution in [1.82, 2.24) is 0 Å². The lowest BCUT2D eigenvalue weighted by atomic mass is 9.84. The van der Waals surface area contributed by atoms with Crippen molar-refractivity contribution >= 4 is 39.9 Å². The molecule has 0 saturated carbocycles. The van der Waals surface area contributed by atoms with Crippen LogP contribution in [0, 0.1) is 16.0 Å². The third kappa shape index (κ3) is 6.63. The lowest BCUT2D eigenvalue weighted by Crippen LogP contribution is -2.36. The molecule has 1 aliphatic carbocycles. The average molecular weight is 613 g/mol. The van der Waals surface area contributed by atoms with Gasteiger partial charge in [0.25, 0.3) is 0 Å². The molecule has 2 aliphatic heterocycles. The molecule has 0 radical (unpaired) electrons. The van der Waals surface area contributed by atoms with Gasteiger partial charge in [-0.05, 0) is 90.9 Å². The maximum atomic E-state index is 13.3. The smallest absolute Gasteiger partial charge is 0.310 e. The second-order valence-electron chi connectivity index (χ2n) is 11.2. The highest BCUT2D eigenvalue weighted by atomic mass is 16.6. The molecule has 3 aliphatic rings. The predicted molar refractivity (Wildman–Crippen MR) is 172 cm³/mol. The Morgan fingerprint density at radius 1 is 1.04 bits per heavy atom. The normalized spacial score (nSPS) is 17.6. The van der Waals surface area contributed by atoms with E-state index in [9.17, 15) is 14.9 Å². The van der Waals surface area contributed by atoms with E-state index in [1.165, 1.54) is 18.9 Å². The molecule has 1 fully saturated rings. The fourth-order valence-corrected chi connectivity index (χ4v) is 6.01. The Morgan fingerprint density at radius 3 is 2.56 bits per heavy atom. The number of fused-ring (bicyclic) bond motifs is 2. The first-order valence-electron chi connectivity index (χ1n) is 15.1. The summed E-state index contributed by atoms with van der Waals surface area (Å²) in [5, 5.41) is 14.4. The Hall–Kier alpha value is -4.90. The van der Waals surface area contributed by atoms with E-state index < -0.39 is 10.8 Å². The number of rotatable bonds is 10. The van der Waals surface area contributed by atoms with Crippen LogP contribution >= 0.6 is 0 Å². The molecule has 3 aromatic rings. The molecule has 0 bridgehead atoms. The Labute approximate surface area is 261 Å². The van der Waals surface area contributed by atoms with Crippen LogP contribution in [0.4, 0.5) is 22.7 Å². The lowest BCUT2D eigenvalue weighted by molar-refractivity contribution is -0.385. The summed E-state index contributed by atoms with van der Waals surface area (Å²) in [7, 11) is 3.04. The van der Waals surface area contributed by atoms with E-state index in [-0.39, 0.29) is 17.3 Å². The van der Waals surface area contributed by atoms with Gasteiger partial charge in [-0.1, -0.05) is 0 Å². The van der Waals surface area contributed by atoms with Crippen molar-refractivity contribution in [2.45, 2.75) is 25.7 Å². The molecule has 1 unspecified atom stereocenters. The molecule has 2 heterocycles. The van der Waals surface area contributed by atoms with Crippen molar-refractivity contribution in [3.8, 4) is 17.2 Å². The topological polar surface area (TPSA) is 125 Å². The molecule has 1 N–H and O–H groups in total. The van der Waals surface area contributed by atoms with Crippen molar-refractivity contribution in [2.75, 3.05) is 57.3 Å². The number of benzene rings is 3. The zero-order valence-corrected chi connectivity index (χ0v) is 25.4. The highest BCUT2D eigenvalue weighted by Crippen LogP contribution is 2.40. The molecule has 234 valence electrons. The van der Waals surface area contributed by atoms with Crippen molar-refractivity contribution in [1.29, 1.82) is 0 Å². The number of nitro benzene ring substituents is 1. The second kappa shape index (κ2) is 13.4. The maximum Gasteiger partial charge on any atom is 0.310 e. The standard InChI is InChI=1S/C34H36N4O7/c1-42-32-21-30-29(19-24(32)4-3-15-45-26-9-7-25(8-10-26)37-13-16-44-17-14-37)36-34(39)27-11-5-22(18-28(27)35-30)23-6-12-31(38(40)41)33(20-23)43-2/h6-10,12,18-21,27H,3-5,11,13-17H2,1-2H3,(H,36,39). The van der Waals surface area contributed by atoms with E-state index in [0.717, 1.165) is 55.2 Å². The van der Waals surface area contributed by atoms with Gasteiger partial charge in [-0.25, -0.2) is 0 Å². The maximum absolute atomic E-state index is 13.3. The van der Waals surface area contributed by atoms with Gasteiger partial charge < -0.3 is 29.2 Å². The van der Waals surface area contributed by atoms with Crippen LogP contribution in [-0.2, 0) is 16.0 Å². The van der Waals surface area contributed by atoms with Crippen LogP contribution in [0.2, 0.25) is 0 Å². The Kier molecular flexibility index (Phi) is 8.97. The van der Waals surface area contributed by atoms with Crippen molar-refractivity contribution in [3.63, 3.8) is 0 Å². The highest BCUT2D eigenvalue weighted by Gasteiger charge is 2.31. The molecule has 11 nitrogen and oxygen atoms in total. The number of nitro groups is 1. The van der Waals surface area contributed by atoms with Gasteiger partial charge >= 0.3 is 5.69 Å². The van der Waals surface area contributed by atoms with Crippen LogP contribution in [0.1, 0.15) is 30.4 Å². The number of ether oxygens (including phenoxy) is 4. The van der Waals surface area contributed by atoms with Crippen LogP contribution in [0.25, 0.3) is 5.57 Å². The number of carbonyl (C=O) groups excluding carboxylic acids is 1. The largest absolute Gasteiger partial charge is 0.496 e. The van der Waals surface area contributed by atoms with Crippen LogP contribution < -0.4 is 24.4 Å². The van der Waals surface area contributed by atoms with Gasteiger partial charge in [0.1, 0.15) is 11.5 Å². The average Bonchev–Trinajstić information content (AvgIpc) is 3.21. The Bertz CT molecular complexity index is 1640.